The second-order valence-electron chi connectivity index (χ2n) is 7.40. The fraction of sp³-hybridized carbons (Fsp3) is 0.182. The molecule has 31 heavy (non-hydrogen) atoms. The van der Waals surface area contributed by atoms with Crippen LogP contribution in [0.2, 0.25) is 0 Å². The van der Waals surface area contributed by atoms with Crippen LogP contribution in [0.3, 0.4) is 0 Å². The van der Waals surface area contributed by atoms with E-state index in [2.05, 4.69) is 0 Å². The molecular weight excluding hydrogens is 418 g/mol. The van der Waals surface area contributed by atoms with Crippen molar-refractivity contribution in [3.8, 4) is 11.1 Å². The molecule has 0 saturated carbocycles. The molecule has 8 nitrogen and oxygen atoms in total. The monoisotopic (exact) mass is 439 g/mol. The Kier molecular flexibility index (Phi) is 5.16. The van der Waals surface area contributed by atoms with E-state index >= 15 is 0 Å². The molecule has 0 radical (unpaired) electrons. The van der Waals surface area contributed by atoms with Crippen molar-refractivity contribution in [2.75, 3.05) is 16.3 Å². The fourth-order valence-corrected chi connectivity index (χ4v) is 4.36. The average molecular weight is 439 g/mol. The molecule has 0 bridgehead atoms. The predicted molar refractivity (Wildman–Crippen MR) is 116 cm³/mol. The summed E-state index contributed by atoms with van der Waals surface area (Å²) in [4.78, 5) is 28.7. The van der Waals surface area contributed by atoms with Crippen LogP contribution in [0.1, 0.15) is 24.4 Å². The third kappa shape index (κ3) is 3.85. The van der Waals surface area contributed by atoms with Crippen molar-refractivity contribution in [1.29, 1.82) is 0 Å². The number of nitrogens with zero attached hydrogens (tertiary/aromatic N) is 2. The van der Waals surface area contributed by atoms with Crippen molar-refractivity contribution in [2.24, 2.45) is 5.14 Å². The molecule has 2 aromatic carbocycles. The Balaban J connectivity index is 1.81. The lowest BCUT2D eigenvalue weighted by Crippen LogP contribution is -2.51. The SMILES string of the molecule is CC(=O)N1c2ccc(-c3ccc(S(N)(=O)=O)cc3)cc2N(C(=O)c2ccco2)C[C@@H]1C. The van der Waals surface area contributed by atoms with Crippen molar-refractivity contribution >= 4 is 33.2 Å². The molecule has 2 amide bonds. The number of fused-ring (bicyclic) bond motifs is 1. The normalized spacial score (nSPS) is 16.2. The minimum atomic E-state index is -3.79. The Morgan fingerprint density at radius 2 is 1.71 bits per heavy atom. The summed E-state index contributed by atoms with van der Waals surface area (Å²) >= 11 is 0. The highest BCUT2D eigenvalue weighted by molar-refractivity contribution is 7.89. The zero-order chi connectivity index (χ0) is 22.3. The van der Waals surface area contributed by atoms with E-state index in [-0.39, 0.29) is 28.5 Å². The maximum Gasteiger partial charge on any atom is 0.294 e. The van der Waals surface area contributed by atoms with Gasteiger partial charge in [-0.25, -0.2) is 13.6 Å². The number of primary sulfonamides is 1. The summed E-state index contributed by atoms with van der Waals surface area (Å²) in [5.41, 5.74) is 2.70. The highest BCUT2D eigenvalue weighted by atomic mass is 32.2. The molecule has 0 spiro atoms. The van der Waals surface area contributed by atoms with Gasteiger partial charge in [-0.1, -0.05) is 18.2 Å². The minimum Gasteiger partial charge on any atom is -0.459 e. The highest BCUT2D eigenvalue weighted by Gasteiger charge is 2.35. The summed E-state index contributed by atoms with van der Waals surface area (Å²) in [6.45, 7) is 3.68. The van der Waals surface area contributed by atoms with Crippen LogP contribution in [0.15, 0.2) is 70.2 Å². The first kappa shape index (κ1) is 20.8. The van der Waals surface area contributed by atoms with Crippen LogP contribution in [0, 0.1) is 0 Å². The molecule has 9 heteroatoms. The summed E-state index contributed by atoms with van der Waals surface area (Å²) in [5.74, 6) is -0.218. The van der Waals surface area contributed by atoms with Crippen molar-refractivity contribution in [2.45, 2.75) is 24.8 Å². The maximum atomic E-state index is 13.1. The first-order valence-corrected chi connectivity index (χ1v) is 11.1. The number of anilines is 2. The van der Waals surface area contributed by atoms with Crippen LogP contribution in [-0.4, -0.2) is 32.8 Å². The zero-order valence-electron chi connectivity index (χ0n) is 17.0. The van der Waals surface area contributed by atoms with Crippen molar-refractivity contribution < 1.29 is 22.4 Å². The molecule has 160 valence electrons. The second-order valence-corrected chi connectivity index (χ2v) is 8.97. The lowest BCUT2D eigenvalue weighted by atomic mass is 10.0. The lowest BCUT2D eigenvalue weighted by Gasteiger charge is -2.40. The highest BCUT2D eigenvalue weighted by Crippen LogP contribution is 2.39. The minimum absolute atomic E-state index is 0.0143. The van der Waals surface area contributed by atoms with Gasteiger partial charge in [0.25, 0.3) is 5.91 Å². The van der Waals surface area contributed by atoms with E-state index in [1.165, 1.54) is 25.3 Å². The van der Waals surface area contributed by atoms with Crippen LogP contribution in [-0.2, 0) is 14.8 Å². The van der Waals surface area contributed by atoms with Crippen molar-refractivity contribution in [1.82, 2.24) is 0 Å². The standard InChI is InChI=1S/C22H21N3O5S/c1-14-13-24(22(27)21-4-3-11-30-21)20-12-17(7-10-19(20)25(14)15(2)26)16-5-8-18(9-6-16)31(23,28)29/h3-12,14H,13H2,1-2H3,(H2,23,28,29)/t14-/m0/s1. The summed E-state index contributed by atoms with van der Waals surface area (Å²) in [6.07, 6.45) is 1.44. The smallest absolute Gasteiger partial charge is 0.294 e. The molecule has 1 aromatic heterocycles. The number of amides is 2. The van der Waals surface area contributed by atoms with Gasteiger partial charge in [-0.15, -0.1) is 0 Å². The van der Waals surface area contributed by atoms with Crippen molar-refractivity contribution in [3.05, 3.63) is 66.6 Å². The third-order valence-corrected chi connectivity index (χ3v) is 6.18. The van der Waals surface area contributed by atoms with Gasteiger partial charge in [-0.2, -0.15) is 0 Å². The molecule has 0 unspecified atom stereocenters. The molecule has 1 atom stereocenters. The number of nitrogens with two attached hydrogens (primary N) is 1. The van der Waals surface area contributed by atoms with Gasteiger partial charge < -0.3 is 14.2 Å². The third-order valence-electron chi connectivity index (χ3n) is 5.25. The predicted octanol–water partition coefficient (Wildman–Crippen LogP) is 3.00. The van der Waals surface area contributed by atoms with Gasteiger partial charge in [0.05, 0.1) is 28.6 Å². The van der Waals surface area contributed by atoms with Crippen LogP contribution in [0.25, 0.3) is 11.1 Å². The average Bonchev–Trinajstić information content (AvgIpc) is 3.26. The van der Waals surface area contributed by atoms with Crippen LogP contribution in [0.4, 0.5) is 11.4 Å². The van der Waals surface area contributed by atoms with Crippen LogP contribution >= 0.6 is 0 Å². The van der Waals surface area contributed by atoms with Crippen LogP contribution in [0.5, 0.6) is 0 Å². The molecule has 3 aromatic rings. The molecule has 4 rings (SSSR count). The summed E-state index contributed by atoms with van der Waals surface area (Å²) < 4.78 is 28.3. The molecular formula is C22H21N3O5S. The Morgan fingerprint density at radius 1 is 1.03 bits per heavy atom. The van der Waals surface area contributed by atoms with Gasteiger partial charge in [0.1, 0.15) is 0 Å². The van der Waals surface area contributed by atoms with E-state index < -0.39 is 10.0 Å². The van der Waals surface area contributed by atoms with Gasteiger partial charge in [0.15, 0.2) is 5.76 Å². The van der Waals surface area contributed by atoms with Gasteiger partial charge >= 0.3 is 0 Å². The van der Waals surface area contributed by atoms with E-state index in [4.69, 9.17) is 9.56 Å². The van der Waals surface area contributed by atoms with Crippen molar-refractivity contribution in [3.63, 3.8) is 0 Å². The number of sulfonamides is 1. The van der Waals surface area contributed by atoms with Gasteiger partial charge in [-0.05, 0) is 54.4 Å². The molecule has 2 heterocycles. The van der Waals surface area contributed by atoms with E-state index in [1.54, 1.807) is 40.1 Å². The summed E-state index contributed by atoms with van der Waals surface area (Å²) in [6, 6.07) is 14.6. The quantitative estimate of drug-likeness (QED) is 0.674. The number of rotatable bonds is 3. The Bertz CT molecular complexity index is 1250. The number of hydrogen-bond donors (Lipinski definition) is 1. The first-order chi connectivity index (χ1) is 14.7. The number of hydrogen-bond acceptors (Lipinski definition) is 5. The molecule has 1 aliphatic rings. The first-order valence-electron chi connectivity index (χ1n) is 9.59. The van der Waals surface area contributed by atoms with Crippen LogP contribution < -0.4 is 14.9 Å². The molecule has 0 saturated heterocycles. The van der Waals surface area contributed by atoms with E-state index in [1.807, 2.05) is 19.1 Å². The Hall–Kier alpha value is -3.43. The summed E-state index contributed by atoms with van der Waals surface area (Å²) in [7, 11) is -3.79. The molecule has 0 aliphatic carbocycles. The van der Waals surface area contributed by atoms with Gasteiger partial charge in [0, 0.05) is 13.5 Å². The largest absolute Gasteiger partial charge is 0.459 e. The molecule has 1 aliphatic heterocycles. The Labute approximate surface area is 179 Å². The summed E-state index contributed by atoms with van der Waals surface area (Å²) in [5, 5.41) is 5.17. The molecule has 0 fully saturated rings. The number of furan rings is 1. The van der Waals surface area contributed by atoms with Gasteiger partial charge in [0.2, 0.25) is 15.9 Å². The number of carbonyl (C=O) groups excluding carboxylic acids is 2. The molecule has 2 N–H and O–H groups in total. The van der Waals surface area contributed by atoms with E-state index in [9.17, 15) is 18.0 Å². The number of carbonyl (C=O) groups is 2. The van der Waals surface area contributed by atoms with E-state index in [0.717, 1.165) is 11.1 Å². The second kappa shape index (κ2) is 7.68. The fourth-order valence-electron chi connectivity index (χ4n) is 3.85. The van der Waals surface area contributed by atoms with Gasteiger partial charge in [-0.3, -0.25) is 9.59 Å². The lowest BCUT2D eigenvalue weighted by molar-refractivity contribution is -0.117. The number of benzene rings is 2. The zero-order valence-corrected chi connectivity index (χ0v) is 17.8. The topological polar surface area (TPSA) is 114 Å². The maximum absolute atomic E-state index is 13.1. The van der Waals surface area contributed by atoms with E-state index in [0.29, 0.717) is 17.9 Å². The Morgan fingerprint density at radius 3 is 2.29 bits per heavy atom.